The summed E-state index contributed by atoms with van der Waals surface area (Å²) in [7, 11) is 1.59. The number of methoxy groups -OCH3 is 1. The molecule has 0 bridgehead atoms. The predicted octanol–water partition coefficient (Wildman–Crippen LogP) is 5.36. The van der Waals surface area contributed by atoms with Crippen molar-refractivity contribution in [1.29, 1.82) is 0 Å². The second kappa shape index (κ2) is 8.61. The van der Waals surface area contributed by atoms with Crippen molar-refractivity contribution in [1.82, 2.24) is 9.78 Å². The fraction of sp³-hybridized carbons (Fsp3) is 0.158. The van der Waals surface area contributed by atoms with Crippen LogP contribution in [0.15, 0.2) is 48.5 Å². The molecule has 1 heterocycles. The first kappa shape index (κ1) is 19.5. The largest absolute Gasteiger partial charge is 0.495 e. The lowest BCUT2D eigenvalue weighted by Crippen LogP contribution is -2.20. The van der Waals surface area contributed by atoms with Crippen LogP contribution in [0.25, 0.3) is 0 Å². The lowest BCUT2D eigenvalue weighted by molar-refractivity contribution is 0.417. The van der Waals surface area contributed by atoms with Gasteiger partial charge in [-0.15, -0.1) is 0 Å². The van der Waals surface area contributed by atoms with Crippen molar-refractivity contribution in [2.24, 2.45) is 0 Å². The summed E-state index contributed by atoms with van der Waals surface area (Å²) in [5.74, 6) is 1.30. The molecule has 5 nitrogen and oxygen atoms in total. The van der Waals surface area contributed by atoms with Crippen LogP contribution in [-0.2, 0) is 6.54 Å². The smallest absolute Gasteiger partial charge is 0.176 e. The van der Waals surface area contributed by atoms with E-state index in [0.29, 0.717) is 39.0 Å². The summed E-state index contributed by atoms with van der Waals surface area (Å²) >= 11 is 17.4. The van der Waals surface area contributed by atoms with Gasteiger partial charge in [-0.25, -0.2) is 0 Å². The van der Waals surface area contributed by atoms with Crippen molar-refractivity contribution in [3.8, 4) is 5.75 Å². The second-order valence-corrected chi connectivity index (χ2v) is 7.16. The molecule has 140 valence electrons. The molecular weight excluding hydrogens is 403 g/mol. The number of nitrogens with zero attached hydrogens (tertiary/aromatic N) is 2. The number of halogens is 2. The number of rotatable bonds is 5. The molecule has 0 amide bonds. The topological polar surface area (TPSA) is 51.1 Å². The van der Waals surface area contributed by atoms with E-state index in [1.165, 1.54) is 0 Å². The maximum absolute atomic E-state index is 6.05. The summed E-state index contributed by atoms with van der Waals surface area (Å²) in [6.45, 7) is 2.64. The van der Waals surface area contributed by atoms with Gasteiger partial charge in [-0.2, -0.15) is 5.10 Å². The molecule has 2 aromatic carbocycles. The molecule has 0 fully saturated rings. The summed E-state index contributed by atoms with van der Waals surface area (Å²) in [5.41, 5.74) is 2.80. The minimum Gasteiger partial charge on any atom is -0.495 e. The van der Waals surface area contributed by atoms with E-state index in [2.05, 4.69) is 15.7 Å². The van der Waals surface area contributed by atoms with Crippen LogP contribution in [0.2, 0.25) is 10.0 Å². The van der Waals surface area contributed by atoms with E-state index in [1.54, 1.807) is 25.3 Å². The Morgan fingerprint density at radius 2 is 1.78 bits per heavy atom. The average Bonchev–Trinajstić information content (AvgIpc) is 2.96. The van der Waals surface area contributed by atoms with Crippen molar-refractivity contribution in [2.75, 3.05) is 17.7 Å². The molecule has 0 spiro atoms. The predicted molar refractivity (Wildman–Crippen MR) is 115 cm³/mol. The van der Waals surface area contributed by atoms with Gasteiger partial charge in [-0.1, -0.05) is 35.3 Å². The highest BCUT2D eigenvalue weighted by atomic mass is 35.5. The van der Waals surface area contributed by atoms with Gasteiger partial charge < -0.3 is 15.4 Å². The standard InChI is InChI=1S/C19H18Cl2N4OS/c1-12-9-18(24-25(12)11-13-3-5-14(20)6-4-13)23-19(27)22-16-10-15(21)7-8-17(16)26-2/h3-10H,11H2,1-2H3,(H2,22,23,24,27). The number of ether oxygens (including phenoxy) is 1. The number of hydrogen-bond acceptors (Lipinski definition) is 3. The molecule has 0 aliphatic carbocycles. The van der Waals surface area contributed by atoms with Crippen LogP contribution in [-0.4, -0.2) is 22.0 Å². The van der Waals surface area contributed by atoms with E-state index >= 15 is 0 Å². The Morgan fingerprint density at radius 3 is 2.48 bits per heavy atom. The molecule has 3 aromatic rings. The fourth-order valence-electron chi connectivity index (χ4n) is 2.54. The number of hydrogen-bond donors (Lipinski definition) is 2. The Morgan fingerprint density at radius 1 is 1.07 bits per heavy atom. The highest BCUT2D eigenvalue weighted by Crippen LogP contribution is 2.27. The Balaban J connectivity index is 1.68. The maximum Gasteiger partial charge on any atom is 0.176 e. The van der Waals surface area contributed by atoms with Crippen LogP contribution < -0.4 is 15.4 Å². The molecule has 0 atom stereocenters. The SMILES string of the molecule is COc1ccc(Cl)cc1NC(=S)Nc1cc(C)n(Cc2ccc(Cl)cc2)n1. The minimum absolute atomic E-state index is 0.395. The maximum atomic E-state index is 6.05. The molecule has 0 aliphatic heterocycles. The van der Waals surface area contributed by atoms with E-state index in [-0.39, 0.29) is 0 Å². The third-order valence-corrected chi connectivity index (χ3v) is 4.57. The van der Waals surface area contributed by atoms with Crippen LogP contribution in [0.5, 0.6) is 5.75 Å². The van der Waals surface area contributed by atoms with E-state index in [4.69, 9.17) is 40.2 Å². The number of anilines is 2. The molecule has 27 heavy (non-hydrogen) atoms. The summed E-state index contributed by atoms with van der Waals surface area (Å²) in [5, 5.41) is 12.4. The van der Waals surface area contributed by atoms with E-state index in [0.717, 1.165) is 11.3 Å². The molecule has 8 heteroatoms. The lowest BCUT2D eigenvalue weighted by atomic mass is 10.2. The Kier molecular flexibility index (Phi) is 6.21. The van der Waals surface area contributed by atoms with Gasteiger partial charge in [-0.3, -0.25) is 4.68 Å². The van der Waals surface area contributed by atoms with Crippen molar-refractivity contribution >= 4 is 52.0 Å². The van der Waals surface area contributed by atoms with Crippen LogP contribution in [0.1, 0.15) is 11.3 Å². The highest BCUT2D eigenvalue weighted by Gasteiger charge is 2.09. The fourth-order valence-corrected chi connectivity index (χ4v) is 3.05. The van der Waals surface area contributed by atoms with Gasteiger partial charge in [0.2, 0.25) is 0 Å². The molecule has 0 aliphatic rings. The Labute approximate surface area is 173 Å². The molecule has 3 rings (SSSR count). The first-order valence-corrected chi connectivity index (χ1v) is 9.31. The number of nitrogens with one attached hydrogen (secondary N) is 2. The summed E-state index contributed by atoms with van der Waals surface area (Å²) < 4.78 is 7.21. The number of thiocarbonyl (C=S) groups is 1. The lowest BCUT2D eigenvalue weighted by Gasteiger charge is -2.12. The first-order chi connectivity index (χ1) is 12.9. The van der Waals surface area contributed by atoms with Crippen molar-refractivity contribution < 1.29 is 4.74 Å². The number of aromatic nitrogens is 2. The summed E-state index contributed by atoms with van der Waals surface area (Å²) in [6, 6.07) is 14.9. The normalized spacial score (nSPS) is 10.5. The van der Waals surface area contributed by atoms with Crippen LogP contribution in [0.4, 0.5) is 11.5 Å². The molecular formula is C19H18Cl2N4OS. The van der Waals surface area contributed by atoms with Crippen LogP contribution in [0, 0.1) is 6.92 Å². The molecule has 0 saturated carbocycles. The molecule has 0 unspecified atom stereocenters. The zero-order valence-electron chi connectivity index (χ0n) is 14.8. The van der Waals surface area contributed by atoms with Crippen molar-refractivity contribution in [2.45, 2.75) is 13.5 Å². The number of aryl methyl sites for hydroxylation is 1. The summed E-state index contributed by atoms with van der Waals surface area (Å²) in [6.07, 6.45) is 0. The first-order valence-electron chi connectivity index (χ1n) is 8.15. The molecule has 0 saturated heterocycles. The van der Waals surface area contributed by atoms with Gasteiger partial charge in [-0.05, 0) is 55.0 Å². The van der Waals surface area contributed by atoms with Gasteiger partial charge in [0.15, 0.2) is 10.9 Å². The Hall–Kier alpha value is -2.28. The molecule has 0 radical (unpaired) electrons. The van der Waals surface area contributed by atoms with Crippen LogP contribution >= 0.6 is 35.4 Å². The molecule has 2 N–H and O–H groups in total. The van der Waals surface area contributed by atoms with Crippen molar-refractivity contribution in [3.63, 3.8) is 0 Å². The molecule has 1 aromatic heterocycles. The quantitative estimate of drug-likeness (QED) is 0.543. The van der Waals surface area contributed by atoms with E-state index in [1.807, 2.05) is 41.9 Å². The number of benzene rings is 2. The van der Waals surface area contributed by atoms with Gasteiger partial charge in [0.25, 0.3) is 0 Å². The van der Waals surface area contributed by atoms with Crippen molar-refractivity contribution in [3.05, 3.63) is 69.8 Å². The van der Waals surface area contributed by atoms with E-state index in [9.17, 15) is 0 Å². The zero-order valence-corrected chi connectivity index (χ0v) is 17.1. The average molecular weight is 421 g/mol. The zero-order chi connectivity index (χ0) is 19.4. The van der Waals surface area contributed by atoms with Gasteiger partial charge in [0.1, 0.15) is 5.75 Å². The minimum atomic E-state index is 0.395. The van der Waals surface area contributed by atoms with Gasteiger partial charge in [0.05, 0.1) is 19.3 Å². The Bertz CT molecular complexity index is 957. The van der Waals surface area contributed by atoms with Gasteiger partial charge >= 0.3 is 0 Å². The third kappa shape index (κ3) is 5.13. The van der Waals surface area contributed by atoms with Gasteiger partial charge in [0, 0.05) is 21.8 Å². The highest BCUT2D eigenvalue weighted by molar-refractivity contribution is 7.80. The van der Waals surface area contributed by atoms with Crippen LogP contribution in [0.3, 0.4) is 0 Å². The second-order valence-electron chi connectivity index (χ2n) is 5.88. The van der Waals surface area contributed by atoms with E-state index < -0.39 is 0 Å². The monoisotopic (exact) mass is 420 g/mol. The third-order valence-electron chi connectivity index (χ3n) is 3.88. The summed E-state index contributed by atoms with van der Waals surface area (Å²) in [4.78, 5) is 0.